The van der Waals surface area contributed by atoms with Crippen molar-refractivity contribution in [3.63, 3.8) is 0 Å². The molecule has 4 heteroatoms. The molecule has 1 aliphatic heterocycles. The number of hydrogen-bond donors (Lipinski definition) is 0. The van der Waals surface area contributed by atoms with E-state index in [0.29, 0.717) is 0 Å². The molecule has 2 atom stereocenters. The van der Waals surface area contributed by atoms with Crippen molar-refractivity contribution >= 4 is 50.1 Å². The Labute approximate surface area is 348 Å². The Morgan fingerprint density at radius 2 is 1.37 bits per heavy atom. The number of fused-ring (bicyclic) bond motifs is 9. The first-order valence-electron chi connectivity index (χ1n) is 20.9. The van der Waals surface area contributed by atoms with Gasteiger partial charge >= 0.3 is 0 Å². The Kier molecular flexibility index (Phi) is 7.83. The Bertz CT molecular complexity index is 3310. The number of aliphatic imine (C=N–C) groups is 1. The van der Waals surface area contributed by atoms with Crippen LogP contribution >= 0.6 is 0 Å². The van der Waals surface area contributed by atoms with Gasteiger partial charge in [0.25, 0.3) is 0 Å². The fourth-order valence-electron chi connectivity index (χ4n) is 9.82. The molecular weight excluding hydrogens is 731 g/mol. The second-order valence-corrected chi connectivity index (χ2v) is 16.4. The third kappa shape index (κ3) is 5.41. The summed E-state index contributed by atoms with van der Waals surface area (Å²) in [5.74, 6) is 0.751. The summed E-state index contributed by atoms with van der Waals surface area (Å²) < 4.78 is 6.25. The fraction of sp³-hybridized carbons (Fsp3) is 0.0893. The van der Waals surface area contributed by atoms with E-state index >= 15 is 0 Å². The van der Waals surface area contributed by atoms with Crippen molar-refractivity contribution in [2.75, 3.05) is 0 Å². The minimum Gasteiger partial charge on any atom is -0.456 e. The average molecular weight is 770 g/mol. The van der Waals surface area contributed by atoms with Gasteiger partial charge in [-0.3, -0.25) is 4.99 Å². The lowest BCUT2D eigenvalue weighted by Gasteiger charge is -2.41. The van der Waals surface area contributed by atoms with Gasteiger partial charge in [0.05, 0.1) is 23.1 Å². The summed E-state index contributed by atoms with van der Waals surface area (Å²) in [6.45, 7) is 2.35. The minimum absolute atomic E-state index is 0.142. The van der Waals surface area contributed by atoms with E-state index in [1.807, 2.05) is 30.3 Å². The topological polar surface area (TPSA) is 51.3 Å². The fourth-order valence-corrected chi connectivity index (χ4v) is 9.82. The Hall–Kier alpha value is -7.43. The van der Waals surface area contributed by atoms with Crippen LogP contribution in [0.3, 0.4) is 0 Å². The predicted octanol–water partition coefficient (Wildman–Crippen LogP) is 13.6. The lowest BCUT2D eigenvalue weighted by Crippen LogP contribution is -2.39. The van der Waals surface area contributed by atoms with Gasteiger partial charge in [0.15, 0.2) is 5.82 Å². The molecule has 0 N–H and O–H groups in total. The Morgan fingerprint density at radius 1 is 0.617 bits per heavy atom. The molecule has 9 aromatic rings. The molecule has 0 radical (unpaired) electrons. The van der Waals surface area contributed by atoms with Gasteiger partial charge in [0, 0.05) is 44.0 Å². The maximum Gasteiger partial charge on any atom is 0.160 e. The Morgan fingerprint density at radius 3 is 2.23 bits per heavy atom. The van der Waals surface area contributed by atoms with Crippen molar-refractivity contribution in [2.45, 2.75) is 31.2 Å². The van der Waals surface area contributed by atoms with E-state index in [-0.39, 0.29) is 6.04 Å². The average Bonchev–Trinajstić information content (AvgIpc) is 3.70. The molecule has 0 saturated carbocycles. The molecule has 0 fully saturated rings. The highest BCUT2D eigenvalue weighted by atomic mass is 16.3. The largest absolute Gasteiger partial charge is 0.456 e. The third-order valence-corrected chi connectivity index (χ3v) is 12.9. The van der Waals surface area contributed by atoms with Crippen LogP contribution in [0.1, 0.15) is 46.9 Å². The SMILES string of the molecule is CC1(c2ccc(-c3cccc4oc5ccccc5c34)cc2)C=CC=C2c3c(ccc4ccccc34)C(c3ccc(-c4nc(-c5ccccc5)nc5c4CCC=C5)cc3)=NC21. The third-order valence-electron chi connectivity index (χ3n) is 12.9. The van der Waals surface area contributed by atoms with E-state index in [9.17, 15) is 0 Å². The lowest BCUT2D eigenvalue weighted by atomic mass is 9.67. The molecule has 2 aliphatic carbocycles. The second-order valence-electron chi connectivity index (χ2n) is 16.4. The van der Waals surface area contributed by atoms with Crippen LogP contribution in [0.4, 0.5) is 0 Å². The summed E-state index contributed by atoms with van der Waals surface area (Å²) >= 11 is 0. The molecule has 4 nitrogen and oxygen atoms in total. The lowest BCUT2D eigenvalue weighted by molar-refractivity contribution is 0.531. The zero-order valence-electron chi connectivity index (χ0n) is 33.1. The molecule has 2 aromatic heterocycles. The summed E-state index contributed by atoms with van der Waals surface area (Å²) in [5, 5.41) is 4.76. The van der Waals surface area contributed by atoms with Crippen molar-refractivity contribution in [3.05, 3.63) is 216 Å². The quantitative estimate of drug-likeness (QED) is 0.175. The van der Waals surface area contributed by atoms with Crippen LogP contribution in [0.15, 0.2) is 191 Å². The van der Waals surface area contributed by atoms with Gasteiger partial charge in [0.1, 0.15) is 11.2 Å². The van der Waals surface area contributed by atoms with Gasteiger partial charge in [-0.1, -0.05) is 170 Å². The first-order chi connectivity index (χ1) is 29.6. The van der Waals surface area contributed by atoms with E-state index in [1.165, 1.54) is 38.6 Å². The van der Waals surface area contributed by atoms with E-state index in [1.54, 1.807) is 0 Å². The molecular formula is C56H39N3O. The molecule has 3 heterocycles. The van der Waals surface area contributed by atoms with Crippen molar-refractivity contribution in [1.29, 1.82) is 0 Å². The summed E-state index contributed by atoms with van der Waals surface area (Å²) in [5.41, 5.74) is 16.1. The molecule has 0 bridgehead atoms. The van der Waals surface area contributed by atoms with Gasteiger partial charge in [0.2, 0.25) is 0 Å². The van der Waals surface area contributed by atoms with E-state index in [2.05, 4.69) is 165 Å². The first-order valence-corrected chi connectivity index (χ1v) is 20.9. The maximum absolute atomic E-state index is 6.25. The van der Waals surface area contributed by atoms with Gasteiger partial charge in [-0.25, -0.2) is 9.97 Å². The minimum atomic E-state index is -0.405. The number of para-hydroxylation sites is 1. The molecule has 60 heavy (non-hydrogen) atoms. The van der Waals surface area contributed by atoms with Crippen LogP contribution < -0.4 is 0 Å². The molecule has 2 unspecified atom stereocenters. The molecule has 7 aromatic carbocycles. The highest BCUT2D eigenvalue weighted by Gasteiger charge is 2.42. The number of furan rings is 1. The molecule has 284 valence electrons. The van der Waals surface area contributed by atoms with Gasteiger partial charge < -0.3 is 4.42 Å². The molecule has 0 amide bonds. The highest BCUT2D eigenvalue weighted by Crippen LogP contribution is 2.48. The van der Waals surface area contributed by atoms with Gasteiger partial charge in [-0.05, 0) is 76.6 Å². The van der Waals surface area contributed by atoms with Crippen LogP contribution in [-0.4, -0.2) is 21.7 Å². The molecule has 12 rings (SSSR count). The molecule has 0 saturated heterocycles. The number of rotatable bonds is 5. The van der Waals surface area contributed by atoms with Crippen molar-refractivity contribution < 1.29 is 4.42 Å². The summed E-state index contributed by atoms with van der Waals surface area (Å²) in [4.78, 5) is 16.0. The van der Waals surface area contributed by atoms with Crippen LogP contribution in [0.5, 0.6) is 0 Å². The van der Waals surface area contributed by atoms with E-state index < -0.39 is 5.41 Å². The summed E-state index contributed by atoms with van der Waals surface area (Å²) in [6, 6.07) is 56.1. The number of allylic oxidation sites excluding steroid dienone is 3. The van der Waals surface area contributed by atoms with Crippen molar-refractivity contribution in [3.8, 4) is 33.8 Å². The zero-order chi connectivity index (χ0) is 39.8. The normalized spacial score (nSPS) is 17.9. The zero-order valence-corrected chi connectivity index (χ0v) is 33.1. The number of hydrogen-bond acceptors (Lipinski definition) is 4. The van der Waals surface area contributed by atoms with E-state index in [4.69, 9.17) is 19.4 Å². The number of benzene rings is 7. The highest BCUT2D eigenvalue weighted by molar-refractivity contribution is 6.21. The second kappa shape index (κ2) is 13.6. The maximum atomic E-state index is 6.25. The van der Waals surface area contributed by atoms with Gasteiger partial charge in [-0.15, -0.1) is 0 Å². The predicted molar refractivity (Wildman–Crippen MR) is 247 cm³/mol. The number of aromatic nitrogens is 2. The Balaban J connectivity index is 0.971. The van der Waals surface area contributed by atoms with Crippen molar-refractivity contribution in [1.82, 2.24) is 9.97 Å². The van der Waals surface area contributed by atoms with Crippen LogP contribution in [0.25, 0.3) is 78.1 Å². The summed E-state index contributed by atoms with van der Waals surface area (Å²) in [7, 11) is 0. The van der Waals surface area contributed by atoms with Crippen LogP contribution in [0.2, 0.25) is 0 Å². The standard InChI is InChI=1S/C56H39N3O/c1-56(40-31-28-36(29-32-40)42-19-11-23-49-51(42)44-18-8-10-22-48(44)60-49)34-12-20-46-50-41-16-6-5-13-35(41)30-33-45(50)53(58-54(46)56)38-26-24-37(25-27-38)52-43-17-7-9-21-47(43)57-55(59-52)39-14-3-2-4-15-39/h2-6,8-16,18-34,54H,7,17H2,1H3. The molecule has 0 spiro atoms. The van der Waals surface area contributed by atoms with Crippen molar-refractivity contribution in [2.24, 2.45) is 4.99 Å². The van der Waals surface area contributed by atoms with Gasteiger partial charge in [-0.2, -0.15) is 0 Å². The molecule has 3 aliphatic rings. The first kappa shape index (κ1) is 34.6. The van der Waals surface area contributed by atoms with E-state index in [0.717, 1.165) is 85.5 Å². The smallest absolute Gasteiger partial charge is 0.160 e. The van der Waals surface area contributed by atoms with Crippen LogP contribution in [0, 0.1) is 0 Å². The summed E-state index contributed by atoms with van der Waals surface area (Å²) in [6.07, 6.45) is 13.1. The monoisotopic (exact) mass is 769 g/mol. The number of nitrogens with zero attached hydrogens (tertiary/aromatic N) is 3. The van der Waals surface area contributed by atoms with Crippen LogP contribution in [-0.2, 0) is 11.8 Å².